The van der Waals surface area contributed by atoms with Crippen molar-refractivity contribution in [3.63, 3.8) is 0 Å². The SMILES string of the molecule is [C-]#[N+]C1CCCC(C#N)C1. The van der Waals surface area contributed by atoms with Gasteiger partial charge in [0, 0.05) is 12.8 Å². The van der Waals surface area contributed by atoms with E-state index in [4.69, 9.17) is 11.8 Å². The smallest absolute Gasteiger partial charge is 0.225 e. The molecule has 52 valence electrons. The molecule has 0 amide bonds. The van der Waals surface area contributed by atoms with E-state index in [9.17, 15) is 0 Å². The van der Waals surface area contributed by atoms with Crippen molar-refractivity contribution >= 4 is 0 Å². The van der Waals surface area contributed by atoms with Gasteiger partial charge in [-0.1, -0.05) is 0 Å². The summed E-state index contributed by atoms with van der Waals surface area (Å²) in [5, 5.41) is 8.55. The van der Waals surface area contributed by atoms with E-state index in [1.165, 1.54) is 0 Å². The quantitative estimate of drug-likeness (QED) is 0.465. The summed E-state index contributed by atoms with van der Waals surface area (Å²) in [5.74, 6) is 0.160. The first-order chi connectivity index (χ1) is 4.86. The number of hydrogen-bond donors (Lipinski definition) is 0. The van der Waals surface area contributed by atoms with Crippen molar-refractivity contribution in [2.24, 2.45) is 5.92 Å². The molecule has 0 aromatic rings. The summed E-state index contributed by atoms with van der Waals surface area (Å²) < 4.78 is 0. The van der Waals surface area contributed by atoms with Crippen LogP contribution in [0.25, 0.3) is 4.85 Å². The molecule has 1 rings (SSSR count). The average molecular weight is 134 g/mol. The van der Waals surface area contributed by atoms with Gasteiger partial charge in [0.15, 0.2) is 0 Å². The summed E-state index contributed by atoms with van der Waals surface area (Å²) in [4.78, 5) is 3.44. The van der Waals surface area contributed by atoms with Gasteiger partial charge in [-0.3, -0.25) is 0 Å². The highest BCUT2D eigenvalue weighted by Gasteiger charge is 2.24. The van der Waals surface area contributed by atoms with Crippen molar-refractivity contribution < 1.29 is 0 Å². The molecule has 1 fully saturated rings. The Morgan fingerprint density at radius 3 is 2.90 bits per heavy atom. The minimum atomic E-state index is 0.137. The molecule has 0 spiro atoms. The molecule has 1 aliphatic rings. The summed E-state index contributed by atoms with van der Waals surface area (Å²) in [5.41, 5.74) is 0. The Kier molecular flexibility index (Phi) is 2.29. The zero-order chi connectivity index (χ0) is 7.40. The van der Waals surface area contributed by atoms with Crippen LogP contribution < -0.4 is 0 Å². The lowest BCUT2D eigenvalue weighted by atomic mass is 9.87. The normalized spacial score (nSPS) is 32.2. The van der Waals surface area contributed by atoms with Gasteiger partial charge >= 0.3 is 0 Å². The van der Waals surface area contributed by atoms with E-state index in [-0.39, 0.29) is 12.0 Å². The second-order valence-electron chi connectivity index (χ2n) is 2.78. The molecule has 0 radical (unpaired) electrons. The zero-order valence-electron chi connectivity index (χ0n) is 5.88. The number of hydrogen-bond acceptors (Lipinski definition) is 1. The van der Waals surface area contributed by atoms with Gasteiger partial charge in [-0.15, -0.1) is 0 Å². The molecular formula is C8H10N2. The van der Waals surface area contributed by atoms with Crippen LogP contribution in [0.5, 0.6) is 0 Å². The van der Waals surface area contributed by atoms with Gasteiger partial charge in [-0.05, 0) is 12.8 Å². The molecule has 1 saturated carbocycles. The van der Waals surface area contributed by atoms with E-state index in [1.807, 2.05) is 0 Å². The van der Waals surface area contributed by atoms with Gasteiger partial charge in [0.1, 0.15) is 0 Å². The molecule has 2 unspecified atom stereocenters. The lowest BCUT2D eigenvalue weighted by molar-refractivity contribution is 0.409. The molecule has 0 aliphatic heterocycles. The fourth-order valence-electron chi connectivity index (χ4n) is 1.40. The Balaban J connectivity index is 2.43. The summed E-state index contributed by atoms with van der Waals surface area (Å²) >= 11 is 0. The summed E-state index contributed by atoms with van der Waals surface area (Å²) in [6, 6.07) is 2.36. The van der Waals surface area contributed by atoms with Crippen molar-refractivity contribution in [1.82, 2.24) is 0 Å². The maximum absolute atomic E-state index is 8.55. The first kappa shape index (κ1) is 7.09. The van der Waals surface area contributed by atoms with E-state index in [2.05, 4.69) is 10.9 Å². The van der Waals surface area contributed by atoms with Gasteiger partial charge in [0.2, 0.25) is 6.04 Å². The molecule has 2 heteroatoms. The molecule has 0 bridgehead atoms. The molecule has 2 nitrogen and oxygen atoms in total. The third-order valence-electron chi connectivity index (χ3n) is 2.01. The Morgan fingerprint density at radius 2 is 2.30 bits per heavy atom. The molecule has 0 N–H and O–H groups in total. The Morgan fingerprint density at radius 1 is 1.50 bits per heavy atom. The van der Waals surface area contributed by atoms with Crippen LogP contribution in [0.2, 0.25) is 0 Å². The van der Waals surface area contributed by atoms with Crippen LogP contribution in [0.1, 0.15) is 25.7 Å². The van der Waals surface area contributed by atoms with E-state index in [0.29, 0.717) is 0 Å². The third-order valence-corrected chi connectivity index (χ3v) is 2.01. The molecule has 0 aromatic carbocycles. The molecule has 10 heavy (non-hydrogen) atoms. The van der Waals surface area contributed by atoms with Crippen LogP contribution in [-0.2, 0) is 0 Å². The highest BCUT2D eigenvalue weighted by molar-refractivity contribution is 4.93. The predicted octanol–water partition coefficient (Wildman–Crippen LogP) is 1.99. The summed E-state index contributed by atoms with van der Waals surface area (Å²) in [6.07, 6.45) is 3.87. The van der Waals surface area contributed by atoms with E-state index in [0.717, 1.165) is 25.7 Å². The Hall–Kier alpha value is -1.02. The standard InChI is InChI=1S/C8H10N2/c1-10-8-4-2-3-7(5-8)6-9/h7-8H,2-5H2. The Labute approximate surface area is 61.3 Å². The lowest BCUT2D eigenvalue weighted by Gasteiger charge is -2.15. The number of nitriles is 1. The predicted molar refractivity (Wildman–Crippen MR) is 38.0 cm³/mol. The van der Waals surface area contributed by atoms with Crippen molar-refractivity contribution in [3.8, 4) is 6.07 Å². The molecule has 1 aliphatic carbocycles. The van der Waals surface area contributed by atoms with Crippen LogP contribution in [-0.4, -0.2) is 6.04 Å². The van der Waals surface area contributed by atoms with E-state index >= 15 is 0 Å². The molecular weight excluding hydrogens is 124 g/mol. The van der Waals surface area contributed by atoms with Crippen LogP contribution in [0, 0.1) is 23.8 Å². The molecule has 0 heterocycles. The van der Waals surface area contributed by atoms with Crippen LogP contribution >= 0.6 is 0 Å². The Bertz CT molecular complexity index is 164. The van der Waals surface area contributed by atoms with Gasteiger partial charge in [0.25, 0.3) is 0 Å². The van der Waals surface area contributed by atoms with Gasteiger partial charge in [-0.2, -0.15) is 5.26 Å². The first-order valence-corrected chi connectivity index (χ1v) is 3.63. The second kappa shape index (κ2) is 3.22. The maximum Gasteiger partial charge on any atom is 0.225 e. The van der Waals surface area contributed by atoms with Crippen LogP contribution in [0.15, 0.2) is 0 Å². The van der Waals surface area contributed by atoms with Crippen LogP contribution in [0.4, 0.5) is 0 Å². The molecule has 0 aromatic heterocycles. The fourth-order valence-corrected chi connectivity index (χ4v) is 1.40. The van der Waals surface area contributed by atoms with Crippen molar-refractivity contribution in [1.29, 1.82) is 5.26 Å². The number of nitrogens with zero attached hydrogens (tertiary/aromatic N) is 2. The fraction of sp³-hybridized carbons (Fsp3) is 0.750. The minimum Gasteiger partial charge on any atom is -0.314 e. The van der Waals surface area contributed by atoms with Crippen molar-refractivity contribution in [2.75, 3.05) is 0 Å². The largest absolute Gasteiger partial charge is 0.314 e. The lowest BCUT2D eigenvalue weighted by Crippen LogP contribution is -2.15. The zero-order valence-corrected chi connectivity index (χ0v) is 5.88. The van der Waals surface area contributed by atoms with Crippen molar-refractivity contribution in [3.05, 3.63) is 11.4 Å². The van der Waals surface area contributed by atoms with Gasteiger partial charge < -0.3 is 4.85 Å². The van der Waals surface area contributed by atoms with Crippen LogP contribution in [0.3, 0.4) is 0 Å². The highest BCUT2D eigenvalue weighted by atomic mass is 14.7. The van der Waals surface area contributed by atoms with E-state index in [1.54, 1.807) is 0 Å². The maximum atomic E-state index is 8.55. The monoisotopic (exact) mass is 134 g/mol. The average Bonchev–Trinajstić information content (AvgIpc) is 2.05. The van der Waals surface area contributed by atoms with E-state index < -0.39 is 0 Å². The molecule has 0 saturated heterocycles. The summed E-state index contributed by atoms with van der Waals surface area (Å²) in [6.45, 7) is 6.78. The minimum absolute atomic E-state index is 0.137. The van der Waals surface area contributed by atoms with Gasteiger partial charge in [0.05, 0.1) is 12.0 Å². The summed E-state index contributed by atoms with van der Waals surface area (Å²) in [7, 11) is 0. The topological polar surface area (TPSA) is 28.1 Å². The first-order valence-electron chi connectivity index (χ1n) is 3.63. The number of rotatable bonds is 0. The molecule has 2 atom stereocenters. The third kappa shape index (κ3) is 1.48. The van der Waals surface area contributed by atoms with Gasteiger partial charge in [-0.25, -0.2) is 6.57 Å². The highest BCUT2D eigenvalue weighted by Crippen LogP contribution is 2.25. The second-order valence-corrected chi connectivity index (χ2v) is 2.78. The van der Waals surface area contributed by atoms with Crippen molar-refractivity contribution in [2.45, 2.75) is 31.7 Å².